The van der Waals surface area contributed by atoms with Gasteiger partial charge in [-0.25, -0.2) is 0 Å². The number of allylic oxidation sites excluding steroid dienone is 3. The number of nitrogens with zero attached hydrogens (tertiary/aromatic N) is 1. The number of hydrogen-bond donors (Lipinski definition) is 1. The van der Waals surface area contributed by atoms with E-state index in [1.165, 1.54) is 19.3 Å². The zero-order valence-electron chi connectivity index (χ0n) is 17.4. The van der Waals surface area contributed by atoms with Crippen LogP contribution in [0.15, 0.2) is 72.3 Å². The van der Waals surface area contributed by atoms with Gasteiger partial charge in [0.2, 0.25) is 0 Å². The average molecular weight is 387 g/mol. The molecule has 3 heteroatoms. The van der Waals surface area contributed by atoms with Crippen LogP contribution in [0.2, 0.25) is 0 Å². The molecule has 29 heavy (non-hydrogen) atoms. The fourth-order valence-electron chi connectivity index (χ4n) is 3.29. The summed E-state index contributed by atoms with van der Waals surface area (Å²) in [7, 11) is 1.68. The number of methoxy groups -OCH3 is 1. The second kappa shape index (κ2) is 9.92. The largest absolute Gasteiger partial charge is 0.497 e. The number of rotatable bonds is 9. The Hall–Kier alpha value is -3.07. The highest BCUT2D eigenvalue weighted by Crippen LogP contribution is 2.34. The van der Waals surface area contributed by atoms with Crippen molar-refractivity contribution in [3.63, 3.8) is 0 Å². The third-order valence-electron chi connectivity index (χ3n) is 5.17. The highest BCUT2D eigenvalue weighted by atomic mass is 16.5. The molecule has 1 aliphatic rings. The van der Waals surface area contributed by atoms with Crippen LogP contribution in [-0.4, -0.2) is 13.3 Å². The summed E-state index contributed by atoms with van der Waals surface area (Å²) in [5, 5.41) is 0. The summed E-state index contributed by atoms with van der Waals surface area (Å²) in [6.07, 6.45) is 11.5. The Kier molecular flexibility index (Phi) is 7.07. The minimum Gasteiger partial charge on any atom is -0.497 e. The van der Waals surface area contributed by atoms with Gasteiger partial charge in [-0.05, 0) is 61.1 Å². The molecule has 0 radical (unpaired) electrons. The molecule has 0 heterocycles. The summed E-state index contributed by atoms with van der Waals surface area (Å²) in [4.78, 5) is 4.73. The molecule has 3 rings (SSSR count). The summed E-state index contributed by atoms with van der Waals surface area (Å²) in [5.41, 5.74) is 11.6. The smallest absolute Gasteiger partial charge is 0.118 e. The Labute approximate surface area is 174 Å². The lowest BCUT2D eigenvalue weighted by molar-refractivity contribution is 0.415. The highest BCUT2D eigenvalue weighted by Gasteiger charge is 2.19. The van der Waals surface area contributed by atoms with Crippen LogP contribution >= 0.6 is 0 Å². The molecular weight excluding hydrogens is 356 g/mol. The van der Waals surface area contributed by atoms with E-state index in [4.69, 9.17) is 15.5 Å². The molecule has 1 fully saturated rings. The summed E-state index contributed by atoms with van der Waals surface area (Å²) < 4.78 is 5.31. The molecule has 1 saturated carbocycles. The van der Waals surface area contributed by atoms with Gasteiger partial charge in [-0.1, -0.05) is 55.8 Å². The third-order valence-corrected chi connectivity index (χ3v) is 5.17. The van der Waals surface area contributed by atoms with E-state index in [1.54, 1.807) is 7.11 Å². The predicted octanol–water partition coefficient (Wildman–Crippen LogP) is 6.33. The fraction of sp³-hybridized carbons (Fsp3) is 0.269. The van der Waals surface area contributed by atoms with Gasteiger partial charge in [0.1, 0.15) is 5.75 Å². The van der Waals surface area contributed by atoms with Gasteiger partial charge < -0.3 is 10.5 Å². The van der Waals surface area contributed by atoms with Crippen molar-refractivity contribution in [2.24, 2.45) is 16.6 Å². The van der Waals surface area contributed by atoms with E-state index in [2.05, 4.69) is 43.0 Å². The maximum Gasteiger partial charge on any atom is 0.118 e. The first-order valence-electron chi connectivity index (χ1n) is 10.2. The summed E-state index contributed by atoms with van der Waals surface area (Å²) >= 11 is 0. The monoisotopic (exact) mass is 386 g/mol. The zero-order valence-corrected chi connectivity index (χ0v) is 17.4. The van der Waals surface area contributed by atoms with Gasteiger partial charge >= 0.3 is 0 Å². The minimum atomic E-state index is 0.573. The number of hydrogen-bond acceptors (Lipinski definition) is 3. The average Bonchev–Trinajstić information content (AvgIpc) is 3.57. The lowest BCUT2D eigenvalue weighted by Gasteiger charge is -2.12. The van der Waals surface area contributed by atoms with Gasteiger partial charge in [-0.3, -0.25) is 4.99 Å². The van der Waals surface area contributed by atoms with Crippen LogP contribution < -0.4 is 10.5 Å². The molecule has 0 aliphatic heterocycles. The van der Waals surface area contributed by atoms with Crippen LogP contribution in [-0.2, 0) is 0 Å². The topological polar surface area (TPSA) is 47.6 Å². The molecule has 0 amide bonds. The Morgan fingerprint density at radius 3 is 2.24 bits per heavy atom. The van der Waals surface area contributed by atoms with E-state index in [9.17, 15) is 0 Å². The normalized spacial score (nSPS) is 15.0. The molecular formula is C26H30N2O. The van der Waals surface area contributed by atoms with Crippen molar-refractivity contribution in [1.82, 2.24) is 0 Å². The van der Waals surface area contributed by atoms with Crippen molar-refractivity contribution < 1.29 is 4.74 Å². The molecule has 1 aliphatic carbocycles. The first kappa shape index (κ1) is 20.7. The second-order valence-electron chi connectivity index (χ2n) is 7.40. The van der Waals surface area contributed by atoms with Crippen molar-refractivity contribution in [1.29, 1.82) is 0 Å². The third kappa shape index (κ3) is 5.71. The molecule has 3 nitrogen and oxygen atoms in total. The summed E-state index contributed by atoms with van der Waals surface area (Å²) in [6, 6.07) is 16.2. The van der Waals surface area contributed by atoms with Gasteiger partial charge in [-0.15, -0.1) is 0 Å². The van der Waals surface area contributed by atoms with Crippen LogP contribution in [0.1, 0.15) is 49.3 Å². The van der Waals surface area contributed by atoms with Gasteiger partial charge in [0.15, 0.2) is 0 Å². The maximum absolute atomic E-state index is 5.84. The molecule has 0 bridgehead atoms. The number of ether oxygens (including phenoxy) is 1. The van der Waals surface area contributed by atoms with E-state index in [0.29, 0.717) is 5.70 Å². The van der Waals surface area contributed by atoms with E-state index in [1.807, 2.05) is 37.4 Å². The molecule has 0 unspecified atom stereocenters. The van der Waals surface area contributed by atoms with E-state index < -0.39 is 0 Å². The SMILES string of the molecule is C=C(N)c1ccc(C(/C=C/CCC2CC2)=C(/N=CC)c2ccc(OC)cc2)cc1. The Balaban J connectivity index is 2.03. The maximum atomic E-state index is 5.84. The molecule has 0 saturated heterocycles. The lowest BCUT2D eigenvalue weighted by atomic mass is 9.97. The quantitative estimate of drug-likeness (QED) is 0.311. The minimum absolute atomic E-state index is 0.573. The van der Waals surface area contributed by atoms with Crippen molar-refractivity contribution in [2.75, 3.05) is 7.11 Å². The van der Waals surface area contributed by atoms with E-state index >= 15 is 0 Å². The lowest BCUT2D eigenvalue weighted by Crippen LogP contribution is -1.95. The summed E-state index contributed by atoms with van der Waals surface area (Å²) in [5.74, 6) is 1.76. The van der Waals surface area contributed by atoms with Crippen molar-refractivity contribution in [3.05, 3.63) is 84.0 Å². The van der Waals surface area contributed by atoms with Gasteiger partial charge in [-0.2, -0.15) is 0 Å². The van der Waals surface area contributed by atoms with E-state index in [-0.39, 0.29) is 0 Å². The van der Waals surface area contributed by atoms with Gasteiger partial charge in [0, 0.05) is 23.0 Å². The molecule has 2 N–H and O–H groups in total. The molecule has 0 atom stereocenters. The molecule has 150 valence electrons. The Morgan fingerprint density at radius 1 is 1.07 bits per heavy atom. The van der Waals surface area contributed by atoms with Crippen LogP contribution in [0.5, 0.6) is 5.75 Å². The Morgan fingerprint density at radius 2 is 1.69 bits per heavy atom. The van der Waals surface area contributed by atoms with Crippen LogP contribution in [0.3, 0.4) is 0 Å². The van der Waals surface area contributed by atoms with Crippen LogP contribution in [0.4, 0.5) is 0 Å². The molecule has 0 spiro atoms. The van der Waals surface area contributed by atoms with Crippen molar-refractivity contribution in [2.45, 2.75) is 32.6 Å². The van der Waals surface area contributed by atoms with Gasteiger partial charge in [0.05, 0.1) is 12.8 Å². The standard InChI is InChI=1S/C26H30N2O/c1-4-28-26(23-15-17-24(29-3)18-16-23)25(8-6-5-7-20-9-10-20)22-13-11-21(12-14-22)19(2)27/h4,6,8,11-18,20H,2,5,7,9-10,27H2,1,3H3/b8-6+,26-25+,28-4?. The number of aliphatic imine (C=N–C) groups is 1. The van der Waals surface area contributed by atoms with Crippen molar-refractivity contribution >= 4 is 23.2 Å². The second-order valence-corrected chi connectivity index (χ2v) is 7.40. The highest BCUT2D eigenvalue weighted by molar-refractivity contribution is 5.97. The van der Waals surface area contributed by atoms with Crippen molar-refractivity contribution in [3.8, 4) is 5.75 Å². The summed E-state index contributed by atoms with van der Waals surface area (Å²) in [6.45, 7) is 5.77. The number of nitrogens with two attached hydrogens (primary N) is 1. The van der Waals surface area contributed by atoms with Crippen LogP contribution in [0, 0.1) is 5.92 Å². The molecule has 2 aromatic rings. The first-order valence-corrected chi connectivity index (χ1v) is 10.2. The zero-order chi connectivity index (χ0) is 20.6. The van der Waals surface area contributed by atoms with Gasteiger partial charge in [0.25, 0.3) is 0 Å². The Bertz CT molecular complexity index is 914. The molecule has 2 aromatic carbocycles. The molecule has 0 aromatic heterocycles. The first-order chi connectivity index (χ1) is 14.1. The number of benzene rings is 2. The van der Waals surface area contributed by atoms with Crippen LogP contribution in [0.25, 0.3) is 17.0 Å². The van der Waals surface area contributed by atoms with E-state index in [0.717, 1.165) is 46.0 Å². The predicted molar refractivity (Wildman–Crippen MR) is 125 cm³/mol. The fourth-order valence-corrected chi connectivity index (χ4v) is 3.29.